The molecule has 4 aromatic rings. The summed E-state index contributed by atoms with van der Waals surface area (Å²) in [5.74, 6) is -0.372. The molecule has 0 atom stereocenters. The van der Waals surface area contributed by atoms with Crippen LogP contribution >= 0.6 is 0 Å². The highest BCUT2D eigenvalue weighted by Crippen LogP contribution is 2.28. The highest BCUT2D eigenvalue weighted by atomic mass is 16.5. The number of aromatic nitrogens is 1. The van der Waals surface area contributed by atoms with Crippen molar-refractivity contribution >= 4 is 22.8 Å². The second kappa shape index (κ2) is 9.56. The molecule has 1 aromatic heterocycles. The number of carbonyl (C=O) groups excluding carboxylic acids is 1. The third-order valence-electron chi connectivity index (χ3n) is 6.47. The molecule has 0 aliphatic rings. The second-order valence-electron chi connectivity index (χ2n) is 8.74. The third-order valence-corrected chi connectivity index (χ3v) is 6.47. The third kappa shape index (κ3) is 4.46. The number of ether oxygens (including phenoxy) is 1. The molecule has 0 radical (unpaired) electrons. The fourth-order valence-corrected chi connectivity index (χ4v) is 4.67. The Morgan fingerprint density at radius 1 is 0.853 bits per heavy atom. The number of carbonyl (C=O) groups is 2. The summed E-state index contributed by atoms with van der Waals surface area (Å²) in [4.78, 5) is 25.0. The van der Waals surface area contributed by atoms with Gasteiger partial charge in [-0.05, 0) is 79.8 Å². The van der Waals surface area contributed by atoms with E-state index in [4.69, 9.17) is 4.74 Å². The van der Waals surface area contributed by atoms with E-state index in [2.05, 4.69) is 32.0 Å². The maximum atomic E-state index is 13.6. The van der Waals surface area contributed by atoms with Gasteiger partial charge in [-0.15, -0.1) is 0 Å². The van der Waals surface area contributed by atoms with E-state index in [0.717, 1.165) is 28.6 Å². The predicted molar refractivity (Wildman–Crippen MR) is 134 cm³/mol. The van der Waals surface area contributed by atoms with Crippen LogP contribution in [0.1, 0.15) is 43.9 Å². The number of carboxylic acid groups (broad SMARTS) is 1. The van der Waals surface area contributed by atoms with E-state index in [1.807, 2.05) is 43.3 Å². The Bertz CT molecular complexity index is 1380. The van der Waals surface area contributed by atoms with Gasteiger partial charge in [0, 0.05) is 23.1 Å². The smallest absolute Gasteiger partial charge is 0.307 e. The van der Waals surface area contributed by atoms with Crippen LogP contribution in [-0.4, -0.2) is 28.2 Å². The Balaban J connectivity index is 1.58. The molecular formula is C29H29NO4. The Morgan fingerprint density at radius 3 is 2.24 bits per heavy atom. The summed E-state index contributed by atoms with van der Waals surface area (Å²) in [7, 11) is 0. The Kier molecular flexibility index (Phi) is 6.55. The van der Waals surface area contributed by atoms with Crippen LogP contribution < -0.4 is 4.74 Å². The first-order valence-electron chi connectivity index (χ1n) is 11.4. The van der Waals surface area contributed by atoms with Crippen molar-refractivity contribution < 1.29 is 19.4 Å². The van der Waals surface area contributed by atoms with E-state index in [1.165, 1.54) is 16.7 Å². The van der Waals surface area contributed by atoms with Crippen LogP contribution in [-0.2, 0) is 17.6 Å². The molecule has 5 heteroatoms. The molecule has 0 fully saturated rings. The maximum absolute atomic E-state index is 13.6. The molecule has 0 saturated heterocycles. The van der Waals surface area contributed by atoms with Crippen LogP contribution in [0.5, 0.6) is 5.75 Å². The van der Waals surface area contributed by atoms with Crippen LogP contribution in [0.3, 0.4) is 0 Å². The van der Waals surface area contributed by atoms with Crippen molar-refractivity contribution in [1.82, 2.24) is 4.57 Å². The highest BCUT2D eigenvalue weighted by molar-refractivity contribution is 6.05. The zero-order valence-corrected chi connectivity index (χ0v) is 20.0. The molecule has 1 heterocycles. The van der Waals surface area contributed by atoms with Gasteiger partial charge in [-0.3, -0.25) is 14.2 Å². The van der Waals surface area contributed by atoms with Crippen LogP contribution in [0.2, 0.25) is 0 Å². The Morgan fingerprint density at radius 2 is 1.56 bits per heavy atom. The zero-order valence-electron chi connectivity index (χ0n) is 20.0. The zero-order chi connectivity index (χ0) is 24.4. The number of carboxylic acids is 1. The van der Waals surface area contributed by atoms with Gasteiger partial charge in [0.05, 0.1) is 18.5 Å². The summed E-state index contributed by atoms with van der Waals surface area (Å²) < 4.78 is 7.62. The first-order valence-corrected chi connectivity index (χ1v) is 11.4. The molecule has 0 aliphatic heterocycles. The van der Waals surface area contributed by atoms with Gasteiger partial charge < -0.3 is 9.84 Å². The van der Waals surface area contributed by atoms with Gasteiger partial charge in [0.15, 0.2) is 0 Å². The number of hydrogen-bond acceptors (Lipinski definition) is 3. The molecule has 34 heavy (non-hydrogen) atoms. The summed E-state index contributed by atoms with van der Waals surface area (Å²) in [5, 5.41) is 10.1. The number of fused-ring (bicyclic) bond motifs is 1. The van der Waals surface area contributed by atoms with E-state index in [1.54, 1.807) is 17.6 Å². The van der Waals surface area contributed by atoms with Crippen molar-refractivity contribution in [2.75, 3.05) is 6.61 Å². The quantitative estimate of drug-likeness (QED) is 0.382. The summed E-state index contributed by atoms with van der Waals surface area (Å²) in [6, 6.07) is 19.2. The van der Waals surface area contributed by atoms with Crippen molar-refractivity contribution in [3.63, 3.8) is 0 Å². The van der Waals surface area contributed by atoms with Gasteiger partial charge in [0.1, 0.15) is 5.75 Å². The minimum atomic E-state index is -0.919. The summed E-state index contributed by atoms with van der Waals surface area (Å²) in [6.45, 7) is 8.48. The summed E-state index contributed by atoms with van der Waals surface area (Å²) in [5.41, 5.74) is 7.24. The highest BCUT2D eigenvalue weighted by Gasteiger charge is 2.22. The predicted octanol–water partition coefficient (Wildman–Crippen LogP) is 5.81. The minimum absolute atomic E-state index is 0.126. The number of para-hydroxylation sites is 1. The largest absolute Gasteiger partial charge is 0.493 e. The van der Waals surface area contributed by atoms with E-state index < -0.39 is 5.97 Å². The standard InChI is InChI=1S/C29H29NO4/c1-18-8-7-9-19(2)23(18)14-15-34-22-12-13-24(20(3)16-22)29(33)30-21(4)26(17-28(31)32)25-10-5-6-11-27(25)30/h5-13,16H,14-15,17H2,1-4H3,(H,31,32). The van der Waals surface area contributed by atoms with Gasteiger partial charge in [0.2, 0.25) is 0 Å². The van der Waals surface area contributed by atoms with E-state index in [0.29, 0.717) is 23.4 Å². The molecule has 0 amide bonds. The molecule has 4 rings (SSSR count). The van der Waals surface area contributed by atoms with Gasteiger partial charge in [0.25, 0.3) is 5.91 Å². The number of hydrogen-bond donors (Lipinski definition) is 1. The molecule has 174 valence electrons. The lowest BCUT2D eigenvalue weighted by atomic mass is 10.0. The lowest BCUT2D eigenvalue weighted by molar-refractivity contribution is -0.136. The average Bonchev–Trinajstić information content (AvgIpc) is 3.06. The lowest BCUT2D eigenvalue weighted by Gasteiger charge is -2.13. The van der Waals surface area contributed by atoms with Crippen molar-refractivity contribution in [3.05, 3.63) is 99.7 Å². The van der Waals surface area contributed by atoms with Gasteiger partial charge >= 0.3 is 5.97 Å². The van der Waals surface area contributed by atoms with Crippen molar-refractivity contribution in [3.8, 4) is 5.75 Å². The van der Waals surface area contributed by atoms with E-state index in [-0.39, 0.29) is 12.3 Å². The van der Waals surface area contributed by atoms with Crippen molar-refractivity contribution in [1.29, 1.82) is 0 Å². The SMILES string of the molecule is Cc1cc(OCCc2c(C)cccc2C)ccc1C(=O)n1c(C)c(CC(=O)O)c2ccccc21. The number of benzene rings is 3. The van der Waals surface area contributed by atoms with Crippen molar-refractivity contribution in [2.24, 2.45) is 0 Å². The number of aliphatic carboxylic acids is 1. The molecule has 1 N–H and O–H groups in total. The number of nitrogens with zero attached hydrogens (tertiary/aromatic N) is 1. The number of aryl methyl sites for hydroxylation is 3. The van der Waals surface area contributed by atoms with Crippen LogP contribution in [0.25, 0.3) is 10.9 Å². The fourth-order valence-electron chi connectivity index (χ4n) is 4.67. The van der Waals surface area contributed by atoms with Gasteiger partial charge in [-0.1, -0.05) is 36.4 Å². The molecule has 0 unspecified atom stereocenters. The average molecular weight is 456 g/mol. The van der Waals surface area contributed by atoms with Crippen molar-refractivity contribution in [2.45, 2.75) is 40.5 Å². The van der Waals surface area contributed by atoms with Crippen LogP contribution in [0.15, 0.2) is 60.7 Å². The second-order valence-corrected chi connectivity index (χ2v) is 8.74. The molecule has 5 nitrogen and oxygen atoms in total. The van der Waals surface area contributed by atoms with Crippen LogP contribution in [0.4, 0.5) is 0 Å². The Labute approximate surface area is 199 Å². The molecule has 0 aliphatic carbocycles. The fraction of sp³-hybridized carbons (Fsp3) is 0.241. The monoisotopic (exact) mass is 455 g/mol. The van der Waals surface area contributed by atoms with E-state index >= 15 is 0 Å². The minimum Gasteiger partial charge on any atom is -0.493 e. The van der Waals surface area contributed by atoms with Gasteiger partial charge in [-0.2, -0.15) is 0 Å². The molecule has 3 aromatic carbocycles. The molecular weight excluding hydrogens is 426 g/mol. The lowest BCUT2D eigenvalue weighted by Crippen LogP contribution is -2.15. The summed E-state index contributed by atoms with van der Waals surface area (Å²) in [6.07, 6.45) is 0.692. The first-order chi connectivity index (χ1) is 16.3. The molecule has 0 saturated carbocycles. The molecule has 0 bridgehead atoms. The Hall–Kier alpha value is -3.86. The first kappa shape index (κ1) is 23.3. The molecule has 0 spiro atoms. The topological polar surface area (TPSA) is 68.5 Å². The van der Waals surface area contributed by atoms with Gasteiger partial charge in [-0.25, -0.2) is 0 Å². The maximum Gasteiger partial charge on any atom is 0.307 e. The van der Waals surface area contributed by atoms with Crippen LogP contribution in [0, 0.1) is 27.7 Å². The normalized spacial score (nSPS) is 11.1. The van der Waals surface area contributed by atoms with E-state index in [9.17, 15) is 14.7 Å². The number of rotatable bonds is 7. The summed E-state index contributed by atoms with van der Waals surface area (Å²) >= 11 is 0.